The first-order valence-electron chi connectivity index (χ1n) is 6.66. The molecule has 5 nitrogen and oxygen atoms in total. The van der Waals surface area contributed by atoms with Crippen LogP contribution >= 0.6 is 0 Å². The van der Waals surface area contributed by atoms with Crippen LogP contribution in [-0.2, 0) is 0 Å². The third-order valence-corrected chi connectivity index (χ3v) is 3.61. The molecule has 2 N–H and O–H groups in total. The van der Waals surface area contributed by atoms with Crippen molar-refractivity contribution >= 4 is 11.7 Å². The fourth-order valence-electron chi connectivity index (χ4n) is 2.23. The van der Waals surface area contributed by atoms with Crippen LogP contribution < -0.4 is 5.32 Å². The summed E-state index contributed by atoms with van der Waals surface area (Å²) in [7, 11) is 0. The zero-order valence-electron chi connectivity index (χ0n) is 11.4. The number of carbonyl (C=O) groups is 1. The van der Waals surface area contributed by atoms with Crippen molar-refractivity contribution in [3.05, 3.63) is 46.4 Å². The molecule has 1 fully saturated rings. The Hall–Kier alpha value is -2.68. The number of amides is 1. The maximum atomic E-state index is 13.3. The number of aromatic amines is 1. The molecule has 0 atom stereocenters. The molecule has 0 aliphatic heterocycles. The number of carbonyl (C=O) groups excluding carboxylic acids is 1. The van der Waals surface area contributed by atoms with Gasteiger partial charge >= 0.3 is 0 Å². The SMILES string of the molecule is Cc1c(NC(=O)c2ccc(F)c(C#N)c2)n[nH]c1C1CC1. The van der Waals surface area contributed by atoms with Crippen LogP contribution in [0.1, 0.15) is 45.9 Å². The Morgan fingerprint density at radius 1 is 1.52 bits per heavy atom. The van der Waals surface area contributed by atoms with E-state index in [1.54, 1.807) is 6.07 Å². The van der Waals surface area contributed by atoms with Crippen LogP contribution in [0.2, 0.25) is 0 Å². The molecule has 6 heteroatoms. The number of nitrogens with one attached hydrogen (secondary N) is 2. The number of benzene rings is 1. The number of hydrogen-bond donors (Lipinski definition) is 2. The molecule has 0 bridgehead atoms. The van der Waals surface area contributed by atoms with Crippen LogP contribution in [0, 0.1) is 24.1 Å². The van der Waals surface area contributed by atoms with Gasteiger partial charge in [-0.15, -0.1) is 0 Å². The number of rotatable bonds is 3. The van der Waals surface area contributed by atoms with Gasteiger partial charge in [-0.25, -0.2) is 4.39 Å². The lowest BCUT2D eigenvalue weighted by Gasteiger charge is -2.04. The second-order valence-corrected chi connectivity index (χ2v) is 5.15. The summed E-state index contributed by atoms with van der Waals surface area (Å²) in [6.45, 7) is 1.90. The lowest BCUT2D eigenvalue weighted by Crippen LogP contribution is -2.13. The molecule has 1 saturated carbocycles. The zero-order valence-corrected chi connectivity index (χ0v) is 11.4. The minimum atomic E-state index is -0.638. The maximum absolute atomic E-state index is 13.3. The molecule has 2 aromatic rings. The quantitative estimate of drug-likeness (QED) is 0.909. The number of nitriles is 1. The van der Waals surface area contributed by atoms with Crippen molar-refractivity contribution in [1.29, 1.82) is 5.26 Å². The smallest absolute Gasteiger partial charge is 0.256 e. The Kier molecular flexibility index (Phi) is 3.18. The first-order chi connectivity index (χ1) is 10.1. The highest BCUT2D eigenvalue weighted by Crippen LogP contribution is 2.41. The van der Waals surface area contributed by atoms with E-state index in [2.05, 4.69) is 15.5 Å². The molecule has 1 amide bonds. The average molecular weight is 284 g/mol. The van der Waals surface area contributed by atoms with Crippen LogP contribution in [0.5, 0.6) is 0 Å². The third kappa shape index (κ3) is 2.50. The fraction of sp³-hybridized carbons (Fsp3) is 0.267. The molecule has 106 valence electrons. The summed E-state index contributed by atoms with van der Waals surface area (Å²) in [5, 5.41) is 18.5. The van der Waals surface area contributed by atoms with E-state index in [-0.39, 0.29) is 11.1 Å². The predicted molar refractivity (Wildman–Crippen MR) is 74.4 cm³/mol. The van der Waals surface area contributed by atoms with E-state index in [0.717, 1.165) is 30.2 Å². The molecule has 0 unspecified atom stereocenters. The monoisotopic (exact) mass is 284 g/mol. The predicted octanol–water partition coefficient (Wildman–Crippen LogP) is 2.86. The Bertz CT molecular complexity index is 756. The van der Waals surface area contributed by atoms with E-state index in [4.69, 9.17) is 5.26 Å². The van der Waals surface area contributed by atoms with Crippen LogP contribution in [0.25, 0.3) is 0 Å². The van der Waals surface area contributed by atoms with E-state index in [1.165, 1.54) is 12.1 Å². The van der Waals surface area contributed by atoms with Gasteiger partial charge in [-0.1, -0.05) is 0 Å². The van der Waals surface area contributed by atoms with Crippen molar-refractivity contribution < 1.29 is 9.18 Å². The molecule has 0 radical (unpaired) electrons. The Morgan fingerprint density at radius 2 is 2.29 bits per heavy atom. The van der Waals surface area contributed by atoms with E-state index in [1.807, 2.05) is 6.92 Å². The highest BCUT2D eigenvalue weighted by molar-refractivity contribution is 6.04. The molecule has 1 aromatic heterocycles. The van der Waals surface area contributed by atoms with Crippen LogP contribution in [0.15, 0.2) is 18.2 Å². The van der Waals surface area contributed by atoms with Gasteiger partial charge in [0.1, 0.15) is 11.9 Å². The summed E-state index contributed by atoms with van der Waals surface area (Å²) in [5.41, 5.74) is 2.05. The van der Waals surface area contributed by atoms with E-state index >= 15 is 0 Å². The van der Waals surface area contributed by atoms with Crippen LogP contribution in [-0.4, -0.2) is 16.1 Å². The number of anilines is 1. The summed E-state index contributed by atoms with van der Waals surface area (Å²) in [6.07, 6.45) is 2.28. The summed E-state index contributed by atoms with van der Waals surface area (Å²) >= 11 is 0. The second kappa shape index (κ2) is 5.02. The van der Waals surface area contributed by atoms with E-state index in [0.29, 0.717) is 11.7 Å². The maximum Gasteiger partial charge on any atom is 0.256 e. The lowest BCUT2D eigenvalue weighted by molar-refractivity contribution is 0.102. The van der Waals surface area contributed by atoms with Crippen molar-refractivity contribution in [2.24, 2.45) is 0 Å². The van der Waals surface area contributed by atoms with Gasteiger partial charge in [-0.05, 0) is 38.0 Å². The normalized spacial score (nSPS) is 13.8. The molecule has 0 spiro atoms. The number of aromatic nitrogens is 2. The molecule has 1 aromatic carbocycles. The minimum absolute atomic E-state index is 0.153. The van der Waals surface area contributed by atoms with Crippen LogP contribution in [0.3, 0.4) is 0 Å². The van der Waals surface area contributed by atoms with Gasteiger partial charge < -0.3 is 5.32 Å². The first kappa shape index (κ1) is 13.3. The van der Waals surface area contributed by atoms with Crippen molar-refractivity contribution in [2.75, 3.05) is 5.32 Å². The molecule has 21 heavy (non-hydrogen) atoms. The molecule has 1 aliphatic rings. The second-order valence-electron chi connectivity index (χ2n) is 5.15. The van der Waals surface area contributed by atoms with Crippen molar-refractivity contribution in [1.82, 2.24) is 10.2 Å². The van der Waals surface area contributed by atoms with Gasteiger partial charge in [0.25, 0.3) is 5.91 Å². The topological polar surface area (TPSA) is 81.6 Å². The standard InChI is InChI=1S/C15H13FN4O/c1-8-13(9-2-3-9)19-20-14(8)18-15(21)10-4-5-12(16)11(6-10)7-17/h4-6,9H,2-3H2,1H3,(H2,18,19,20,21). The first-order valence-corrected chi connectivity index (χ1v) is 6.66. The minimum Gasteiger partial charge on any atom is -0.305 e. The van der Waals surface area contributed by atoms with Gasteiger partial charge in [0.2, 0.25) is 0 Å². The fourth-order valence-corrected chi connectivity index (χ4v) is 2.23. The van der Waals surface area contributed by atoms with Crippen molar-refractivity contribution in [2.45, 2.75) is 25.7 Å². The third-order valence-electron chi connectivity index (χ3n) is 3.61. The number of H-pyrrole nitrogens is 1. The van der Waals surface area contributed by atoms with Crippen LogP contribution in [0.4, 0.5) is 10.2 Å². The van der Waals surface area contributed by atoms with Gasteiger partial charge in [0, 0.05) is 22.7 Å². The molecule has 1 heterocycles. The Balaban J connectivity index is 1.82. The van der Waals surface area contributed by atoms with Crippen molar-refractivity contribution in [3.8, 4) is 6.07 Å². The Morgan fingerprint density at radius 3 is 2.95 bits per heavy atom. The van der Waals surface area contributed by atoms with Gasteiger partial charge in [-0.3, -0.25) is 9.89 Å². The summed E-state index contributed by atoms with van der Waals surface area (Å²) in [6, 6.07) is 5.40. The van der Waals surface area contributed by atoms with E-state index in [9.17, 15) is 9.18 Å². The molecule has 0 saturated heterocycles. The van der Waals surface area contributed by atoms with Gasteiger partial charge in [0.05, 0.1) is 5.56 Å². The zero-order chi connectivity index (χ0) is 15.0. The number of nitrogens with zero attached hydrogens (tertiary/aromatic N) is 2. The number of halogens is 1. The number of hydrogen-bond acceptors (Lipinski definition) is 3. The molecular formula is C15H13FN4O. The van der Waals surface area contributed by atoms with Crippen molar-refractivity contribution in [3.63, 3.8) is 0 Å². The Labute approximate surface area is 120 Å². The van der Waals surface area contributed by atoms with Gasteiger partial charge in [-0.2, -0.15) is 10.4 Å². The van der Waals surface area contributed by atoms with E-state index < -0.39 is 11.7 Å². The summed E-state index contributed by atoms with van der Waals surface area (Å²) in [5.74, 6) is -0.0617. The molecular weight excluding hydrogens is 271 g/mol. The average Bonchev–Trinajstić information content (AvgIpc) is 3.25. The highest BCUT2D eigenvalue weighted by Gasteiger charge is 2.28. The summed E-state index contributed by atoms with van der Waals surface area (Å²) in [4.78, 5) is 12.1. The summed E-state index contributed by atoms with van der Waals surface area (Å²) < 4.78 is 13.3. The molecule has 3 rings (SSSR count). The molecule has 1 aliphatic carbocycles. The largest absolute Gasteiger partial charge is 0.305 e. The highest BCUT2D eigenvalue weighted by atomic mass is 19.1. The van der Waals surface area contributed by atoms with Gasteiger partial charge in [0.15, 0.2) is 5.82 Å². The lowest BCUT2D eigenvalue weighted by atomic mass is 10.1.